The SMILES string of the molecule is C#COCCOCCOCCN(CCC)CCC. The van der Waals surface area contributed by atoms with Crippen LogP contribution in [0.2, 0.25) is 0 Å². The molecular weight excluding hydrogens is 230 g/mol. The minimum absolute atomic E-state index is 0.442. The van der Waals surface area contributed by atoms with Crippen LogP contribution in [0.3, 0.4) is 0 Å². The summed E-state index contributed by atoms with van der Waals surface area (Å²) < 4.78 is 15.5. The van der Waals surface area contributed by atoms with Gasteiger partial charge in [0.25, 0.3) is 0 Å². The Hall–Kier alpha value is -0.760. The van der Waals surface area contributed by atoms with Gasteiger partial charge in [-0.05, 0) is 25.9 Å². The first kappa shape index (κ1) is 17.2. The van der Waals surface area contributed by atoms with E-state index in [1.54, 1.807) is 0 Å². The highest BCUT2D eigenvalue weighted by Crippen LogP contribution is 1.94. The van der Waals surface area contributed by atoms with E-state index in [9.17, 15) is 0 Å². The van der Waals surface area contributed by atoms with Crippen LogP contribution in [0, 0.1) is 12.5 Å². The Bertz CT molecular complexity index is 198. The second-order valence-electron chi connectivity index (χ2n) is 4.03. The lowest BCUT2D eigenvalue weighted by molar-refractivity contribution is 0.0263. The van der Waals surface area contributed by atoms with Crippen molar-refractivity contribution >= 4 is 0 Å². The van der Waals surface area contributed by atoms with Crippen molar-refractivity contribution in [3.63, 3.8) is 0 Å². The maximum atomic E-state index is 5.52. The maximum Gasteiger partial charge on any atom is 0.123 e. The summed E-state index contributed by atoms with van der Waals surface area (Å²) in [7, 11) is 0. The van der Waals surface area contributed by atoms with Gasteiger partial charge < -0.3 is 19.1 Å². The third-order valence-electron chi connectivity index (χ3n) is 2.42. The number of rotatable bonds is 13. The van der Waals surface area contributed by atoms with Crippen LogP contribution in [0.4, 0.5) is 0 Å². The fourth-order valence-electron chi connectivity index (χ4n) is 1.64. The molecule has 0 saturated heterocycles. The molecule has 0 radical (unpaired) electrons. The van der Waals surface area contributed by atoms with Crippen molar-refractivity contribution in [2.45, 2.75) is 26.7 Å². The van der Waals surface area contributed by atoms with Crippen molar-refractivity contribution in [3.8, 4) is 12.5 Å². The summed E-state index contributed by atoms with van der Waals surface area (Å²) in [6.07, 6.45) is 9.41. The Labute approximate surface area is 112 Å². The Kier molecular flexibility index (Phi) is 13.7. The Balaban J connectivity index is 3.24. The normalized spacial score (nSPS) is 10.6. The van der Waals surface area contributed by atoms with Gasteiger partial charge in [0.15, 0.2) is 0 Å². The van der Waals surface area contributed by atoms with E-state index in [0.717, 1.165) is 26.2 Å². The molecule has 0 atom stereocenters. The minimum Gasteiger partial charge on any atom is -0.444 e. The topological polar surface area (TPSA) is 30.9 Å². The summed E-state index contributed by atoms with van der Waals surface area (Å²) in [6, 6.07) is 0. The van der Waals surface area contributed by atoms with Crippen molar-refractivity contribution in [2.75, 3.05) is 52.7 Å². The Morgan fingerprint density at radius 2 is 1.39 bits per heavy atom. The molecule has 0 heterocycles. The van der Waals surface area contributed by atoms with Crippen molar-refractivity contribution in [1.82, 2.24) is 4.90 Å². The van der Waals surface area contributed by atoms with Gasteiger partial charge in [-0.15, -0.1) is 0 Å². The molecule has 0 aliphatic carbocycles. The van der Waals surface area contributed by atoms with Gasteiger partial charge in [0.1, 0.15) is 12.7 Å². The van der Waals surface area contributed by atoms with Gasteiger partial charge >= 0.3 is 0 Å². The highest BCUT2D eigenvalue weighted by atomic mass is 16.5. The summed E-state index contributed by atoms with van der Waals surface area (Å²) in [5, 5.41) is 0. The molecule has 0 aromatic rings. The van der Waals surface area contributed by atoms with E-state index < -0.39 is 0 Å². The lowest BCUT2D eigenvalue weighted by Gasteiger charge is -2.20. The highest BCUT2D eigenvalue weighted by Gasteiger charge is 2.01. The van der Waals surface area contributed by atoms with Crippen molar-refractivity contribution in [3.05, 3.63) is 0 Å². The van der Waals surface area contributed by atoms with E-state index in [0.29, 0.717) is 26.4 Å². The number of hydrogen-bond acceptors (Lipinski definition) is 4. The van der Waals surface area contributed by atoms with Crippen LogP contribution in [-0.2, 0) is 14.2 Å². The van der Waals surface area contributed by atoms with Crippen LogP contribution in [0.5, 0.6) is 0 Å². The molecule has 18 heavy (non-hydrogen) atoms. The van der Waals surface area contributed by atoms with E-state index in [1.165, 1.54) is 12.8 Å². The molecule has 0 N–H and O–H groups in total. The van der Waals surface area contributed by atoms with Gasteiger partial charge in [-0.1, -0.05) is 20.3 Å². The van der Waals surface area contributed by atoms with Gasteiger partial charge in [-0.3, -0.25) is 0 Å². The third kappa shape index (κ3) is 11.7. The Morgan fingerprint density at radius 3 is 1.94 bits per heavy atom. The fourth-order valence-corrected chi connectivity index (χ4v) is 1.64. The van der Waals surface area contributed by atoms with Gasteiger partial charge in [-0.2, -0.15) is 0 Å². The molecule has 4 heteroatoms. The van der Waals surface area contributed by atoms with Crippen LogP contribution in [0.25, 0.3) is 0 Å². The monoisotopic (exact) mass is 257 g/mol. The van der Waals surface area contributed by atoms with E-state index >= 15 is 0 Å². The van der Waals surface area contributed by atoms with Crippen molar-refractivity contribution in [2.24, 2.45) is 0 Å². The smallest absolute Gasteiger partial charge is 0.123 e. The molecule has 0 amide bonds. The quantitative estimate of drug-likeness (QED) is 0.371. The molecule has 0 rings (SSSR count). The van der Waals surface area contributed by atoms with Crippen LogP contribution in [0.15, 0.2) is 0 Å². The molecule has 0 aliphatic heterocycles. The average molecular weight is 257 g/mol. The van der Waals surface area contributed by atoms with Crippen molar-refractivity contribution in [1.29, 1.82) is 0 Å². The van der Waals surface area contributed by atoms with Crippen molar-refractivity contribution < 1.29 is 14.2 Å². The van der Waals surface area contributed by atoms with Crippen LogP contribution in [-0.4, -0.2) is 57.6 Å². The van der Waals surface area contributed by atoms with E-state index in [4.69, 9.17) is 20.6 Å². The summed E-state index contributed by atoms with van der Waals surface area (Å²) in [5.41, 5.74) is 0. The molecule has 106 valence electrons. The Morgan fingerprint density at radius 1 is 0.833 bits per heavy atom. The van der Waals surface area contributed by atoms with E-state index in [1.807, 2.05) is 0 Å². The molecule has 0 aliphatic rings. The molecule has 0 aromatic heterocycles. The molecule has 0 bridgehead atoms. The molecule has 0 aromatic carbocycles. The molecule has 0 unspecified atom stereocenters. The summed E-state index contributed by atoms with van der Waals surface area (Å²) in [4.78, 5) is 2.43. The lowest BCUT2D eigenvalue weighted by atomic mass is 10.3. The zero-order chi connectivity index (χ0) is 13.5. The summed E-state index contributed by atoms with van der Waals surface area (Å²) >= 11 is 0. The van der Waals surface area contributed by atoms with Gasteiger partial charge in [0.2, 0.25) is 0 Å². The maximum absolute atomic E-state index is 5.52. The molecule has 0 saturated carbocycles. The van der Waals surface area contributed by atoms with Gasteiger partial charge in [-0.25, -0.2) is 0 Å². The number of terminal acetylenes is 1. The van der Waals surface area contributed by atoms with Crippen LogP contribution < -0.4 is 0 Å². The number of ether oxygens (including phenoxy) is 3. The van der Waals surface area contributed by atoms with Crippen LogP contribution in [0.1, 0.15) is 26.7 Å². The predicted molar refractivity (Wildman–Crippen MR) is 73.4 cm³/mol. The first-order valence-electron chi connectivity index (χ1n) is 6.80. The van der Waals surface area contributed by atoms with E-state index in [2.05, 4.69) is 24.9 Å². The standard InChI is InChI=1S/C14H27NO3/c1-4-7-15(8-5-2)9-10-17-13-14-18-12-11-16-6-3/h3H,4-5,7-14H2,1-2H3. The highest BCUT2D eigenvalue weighted by molar-refractivity contribution is 4.67. The number of hydrogen-bond donors (Lipinski definition) is 0. The first-order valence-corrected chi connectivity index (χ1v) is 6.80. The van der Waals surface area contributed by atoms with Crippen LogP contribution >= 0.6 is 0 Å². The number of nitrogens with zero attached hydrogens (tertiary/aromatic N) is 1. The van der Waals surface area contributed by atoms with Gasteiger partial charge in [0, 0.05) is 6.54 Å². The third-order valence-corrected chi connectivity index (χ3v) is 2.42. The zero-order valence-corrected chi connectivity index (χ0v) is 11.8. The second-order valence-corrected chi connectivity index (χ2v) is 4.03. The molecular formula is C14H27NO3. The first-order chi connectivity index (χ1) is 8.85. The largest absolute Gasteiger partial charge is 0.444 e. The fraction of sp³-hybridized carbons (Fsp3) is 0.857. The summed E-state index contributed by atoms with van der Waals surface area (Å²) in [5.74, 6) is 0. The molecule has 0 spiro atoms. The molecule has 0 fully saturated rings. The second kappa shape index (κ2) is 14.3. The predicted octanol–water partition coefficient (Wildman–Crippen LogP) is 1.75. The lowest BCUT2D eigenvalue weighted by Crippen LogP contribution is -2.29. The zero-order valence-electron chi connectivity index (χ0n) is 11.8. The van der Waals surface area contributed by atoms with E-state index in [-0.39, 0.29) is 0 Å². The average Bonchev–Trinajstić information content (AvgIpc) is 2.37. The molecule has 4 nitrogen and oxygen atoms in total. The van der Waals surface area contributed by atoms with Gasteiger partial charge in [0.05, 0.1) is 26.4 Å². The minimum atomic E-state index is 0.442. The summed E-state index contributed by atoms with van der Waals surface area (Å²) in [6.45, 7) is 10.7.